The zero-order valence-corrected chi connectivity index (χ0v) is 15.2. The monoisotopic (exact) mass is 336 g/mol. The number of thiophene rings is 1. The second-order valence-corrected chi connectivity index (χ2v) is 8.14. The van der Waals surface area contributed by atoms with Crippen LogP contribution in [0.25, 0.3) is 0 Å². The number of hydrogen-bond donors (Lipinski definition) is 1. The summed E-state index contributed by atoms with van der Waals surface area (Å²) in [5.74, 6) is 0.832. The molecule has 2 aliphatic rings. The number of hydrogen-bond acceptors (Lipinski definition) is 5. The number of nitrogens with one attached hydrogen (secondary N) is 1. The van der Waals surface area contributed by atoms with Gasteiger partial charge in [0.2, 0.25) is 5.91 Å². The molecule has 2 saturated heterocycles. The van der Waals surface area contributed by atoms with E-state index in [-0.39, 0.29) is 11.9 Å². The standard InChI is InChI=1S/C17H28N4OS/c1-19(2)7-6-18-17(22)15-9-13-10-21(12-16(13)20(15)3)11-14-5-4-8-23-14/h4-5,8,13,15-16H,6-7,9-12H2,1-3H3,(H,18,22)/t13-,15+,16+/m1/s1. The first-order valence-electron chi connectivity index (χ1n) is 8.43. The van der Waals surface area contributed by atoms with Gasteiger partial charge in [-0.3, -0.25) is 14.6 Å². The average Bonchev–Trinajstić information content (AvgIpc) is 3.18. The minimum Gasteiger partial charge on any atom is -0.353 e. The van der Waals surface area contributed by atoms with E-state index in [9.17, 15) is 4.79 Å². The van der Waals surface area contributed by atoms with Crippen molar-refractivity contribution in [3.8, 4) is 0 Å². The van der Waals surface area contributed by atoms with Crippen LogP contribution in [0.3, 0.4) is 0 Å². The fourth-order valence-electron chi connectivity index (χ4n) is 3.88. The topological polar surface area (TPSA) is 38.8 Å². The fourth-order valence-corrected chi connectivity index (χ4v) is 4.63. The van der Waals surface area contributed by atoms with Gasteiger partial charge in [-0.2, -0.15) is 0 Å². The van der Waals surface area contributed by atoms with Gasteiger partial charge in [0.1, 0.15) is 0 Å². The Labute approximate surface area is 143 Å². The van der Waals surface area contributed by atoms with Gasteiger partial charge in [0, 0.05) is 43.6 Å². The zero-order chi connectivity index (χ0) is 16.4. The highest BCUT2D eigenvalue weighted by atomic mass is 32.1. The smallest absolute Gasteiger partial charge is 0.237 e. The van der Waals surface area contributed by atoms with Gasteiger partial charge in [0.15, 0.2) is 0 Å². The summed E-state index contributed by atoms with van der Waals surface area (Å²) in [6, 6.07) is 4.91. The minimum atomic E-state index is 0.0519. The van der Waals surface area contributed by atoms with E-state index in [1.165, 1.54) is 4.88 Å². The van der Waals surface area contributed by atoms with Gasteiger partial charge < -0.3 is 10.2 Å². The molecule has 0 aliphatic carbocycles. The van der Waals surface area contributed by atoms with Crippen LogP contribution in [0.15, 0.2) is 17.5 Å². The summed E-state index contributed by atoms with van der Waals surface area (Å²) in [4.78, 5) is 20.8. The normalized spacial score (nSPS) is 28.4. The number of fused-ring (bicyclic) bond motifs is 1. The van der Waals surface area contributed by atoms with E-state index >= 15 is 0 Å². The minimum absolute atomic E-state index is 0.0519. The lowest BCUT2D eigenvalue weighted by molar-refractivity contribution is -0.125. The Balaban J connectivity index is 1.49. The molecule has 0 unspecified atom stereocenters. The highest BCUT2D eigenvalue weighted by Crippen LogP contribution is 2.35. The summed E-state index contributed by atoms with van der Waals surface area (Å²) in [6.45, 7) is 4.88. The summed E-state index contributed by atoms with van der Waals surface area (Å²) in [5, 5.41) is 5.23. The number of amides is 1. The van der Waals surface area contributed by atoms with Crippen LogP contribution in [0.2, 0.25) is 0 Å². The maximum Gasteiger partial charge on any atom is 0.237 e. The van der Waals surface area contributed by atoms with Crippen LogP contribution in [-0.2, 0) is 11.3 Å². The molecule has 0 spiro atoms. The second-order valence-electron chi connectivity index (χ2n) is 7.11. The van der Waals surface area contributed by atoms with Gasteiger partial charge in [-0.1, -0.05) is 6.07 Å². The number of likely N-dealkylation sites (N-methyl/N-ethyl adjacent to an activating group) is 2. The van der Waals surface area contributed by atoms with Crippen LogP contribution in [0.5, 0.6) is 0 Å². The van der Waals surface area contributed by atoms with Crippen molar-refractivity contribution >= 4 is 17.2 Å². The van der Waals surface area contributed by atoms with Crippen molar-refractivity contribution in [2.24, 2.45) is 5.92 Å². The van der Waals surface area contributed by atoms with Crippen LogP contribution in [0.1, 0.15) is 11.3 Å². The molecule has 6 heteroatoms. The second kappa shape index (κ2) is 7.30. The molecular weight excluding hydrogens is 308 g/mol. The molecule has 3 atom stereocenters. The van der Waals surface area contributed by atoms with E-state index in [0.29, 0.717) is 12.0 Å². The third kappa shape index (κ3) is 3.94. The van der Waals surface area contributed by atoms with Gasteiger partial charge in [-0.25, -0.2) is 0 Å². The van der Waals surface area contributed by atoms with Crippen molar-refractivity contribution < 1.29 is 4.79 Å². The van der Waals surface area contributed by atoms with Crippen LogP contribution < -0.4 is 5.32 Å². The maximum atomic E-state index is 12.4. The number of likely N-dealkylation sites (tertiary alicyclic amines) is 2. The van der Waals surface area contributed by atoms with E-state index < -0.39 is 0 Å². The Hall–Kier alpha value is -0.950. The molecule has 23 heavy (non-hydrogen) atoms. The summed E-state index contributed by atoms with van der Waals surface area (Å²) in [6.07, 6.45) is 0.996. The molecule has 2 aliphatic heterocycles. The van der Waals surface area contributed by atoms with Crippen LogP contribution in [0.4, 0.5) is 0 Å². The van der Waals surface area contributed by atoms with E-state index in [0.717, 1.165) is 39.1 Å². The Morgan fingerprint density at radius 2 is 2.26 bits per heavy atom. The lowest BCUT2D eigenvalue weighted by Crippen LogP contribution is -2.46. The van der Waals surface area contributed by atoms with Gasteiger partial charge >= 0.3 is 0 Å². The van der Waals surface area contributed by atoms with E-state index in [1.807, 2.05) is 25.4 Å². The van der Waals surface area contributed by atoms with E-state index in [2.05, 4.69) is 44.6 Å². The van der Waals surface area contributed by atoms with Crippen LogP contribution in [0, 0.1) is 5.92 Å². The molecule has 1 aromatic rings. The summed E-state index contributed by atoms with van der Waals surface area (Å²) in [7, 11) is 6.18. The molecule has 1 amide bonds. The molecule has 3 rings (SSSR count). The molecular formula is C17H28N4OS. The van der Waals surface area contributed by atoms with Crippen molar-refractivity contribution in [2.45, 2.75) is 25.0 Å². The molecule has 0 bridgehead atoms. The van der Waals surface area contributed by atoms with Gasteiger partial charge in [-0.05, 0) is 44.9 Å². The quantitative estimate of drug-likeness (QED) is 0.839. The first-order valence-corrected chi connectivity index (χ1v) is 9.31. The van der Waals surface area contributed by atoms with Crippen molar-refractivity contribution in [3.63, 3.8) is 0 Å². The van der Waals surface area contributed by atoms with Crippen LogP contribution >= 0.6 is 11.3 Å². The van der Waals surface area contributed by atoms with Crippen molar-refractivity contribution in [1.29, 1.82) is 0 Å². The Morgan fingerprint density at radius 3 is 2.91 bits per heavy atom. The first kappa shape index (κ1) is 16.9. The molecule has 2 fully saturated rings. The van der Waals surface area contributed by atoms with E-state index in [4.69, 9.17) is 0 Å². The summed E-state index contributed by atoms with van der Waals surface area (Å²) in [5.41, 5.74) is 0. The fraction of sp³-hybridized carbons (Fsp3) is 0.706. The molecule has 0 aromatic carbocycles. The third-order valence-corrected chi connectivity index (χ3v) is 6.00. The van der Waals surface area contributed by atoms with Crippen molar-refractivity contribution in [1.82, 2.24) is 20.0 Å². The largest absolute Gasteiger partial charge is 0.353 e. The highest BCUT2D eigenvalue weighted by molar-refractivity contribution is 7.09. The lowest BCUT2D eigenvalue weighted by Gasteiger charge is -2.26. The SMILES string of the molecule is CN(C)CCNC(=O)[C@@H]1C[C@@H]2CN(Cc3cccs3)C[C@@H]2N1C. The third-order valence-electron chi connectivity index (χ3n) is 5.14. The Morgan fingerprint density at radius 1 is 1.43 bits per heavy atom. The first-order chi connectivity index (χ1) is 11.0. The lowest BCUT2D eigenvalue weighted by atomic mass is 10.0. The number of carbonyl (C=O) groups is 1. The Kier molecular flexibility index (Phi) is 5.36. The molecule has 128 valence electrons. The molecule has 1 aromatic heterocycles. The number of rotatable bonds is 6. The average molecular weight is 337 g/mol. The van der Waals surface area contributed by atoms with Gasteiger partial charge in [-0.15, -0.1) is 11.3 Å². The molecule has 0 radical (unpaired) electrons. The summed E-state index contributed by atoms with van der Waals surface area (Å²) >= 11 is 1.83. The predicted molar refractivity (Wildman–Crippen MR) is 94.6 cm³/mol. The zero-order valence-electron chi connectivity index (χ0n) is 14.4. The molecule has 5 nitrogen and oxygen atoms in total. The molecule has 3 heterocycles. The highest BCUT2D eigenvalue weighted by Gasteiger charge is 2.46. The number of nitrogens with zero attached hydrogens (tertiary/aromatic N) is 3. The van der Waals surface area contributed by atoms with Gasteiger partial charge in [0.05, 0.1) is 6.04 Å². The number of carbonyl (C=O) groups excluding carboxylic acids is 1. The van der Waals surface area contributed by atoms with Crippen molar-refractivity contribution in [2.75, 3.05) is 47.3 Å². The maximum absolute atomic E-state index is 12.4. The molecule has 1 N–H and O–H groups in total. The molecule has 0 saturated carbocycles. The van der Waals surface area contributed by atoms with Gasteiger partial charge in [0.25, 0.3) is 0 Å². The van der Waals surface area contributed by atoms with Crippen LogP contribution in [-0.4, -0.2) is 80.0 Å². The Bertz CT molecular complexity index is 519. The summed E-state index contributed by atoms with van der Waals surface area (Å²) < 4.78 is 0. The van der Waals surface area contributed by atoms with E-state index in [1.54, 1.807) is 0 Å². The van der Waals surface area contributed by atoms with Crippen molar-refractivity contribution in [3.05, 3.63) is 22.4 Å². The predicted octanol–water partition coefficient (Wildman–Crippen LogP) is 0.930.